The molecule has 0 radical (unpaired) electrons. The summed E-state index contributed by atoms with van der Waals surface area (Å²) < 4.78 is 24.0. The van der Waals surface area contributed by atoms with Gasteiger partial charge in [-0.2, -0.15) is 0 Å². The average Bonchev–Trinajstić information content (AvgIpc) is 3.30. The molecule has 1 aromatic heterocycles. The van der Waals surface area contributed by atoms with Crippen LogP contribution in [-0.2, 0) is 0 Å². The zero-order chi connectivity index (χ0) is 21.8. The summed E-state index contributed by atoms with van der Waals surface area (Å²) in [5.41, 5.74) is 1.51. The van der Waals surface area contributed by atoms with Crippen molar-refractivity contribution in [2.75, 3.05) is 43.1 Å². The third-order valence-electron chi connectivity index (χ3n) is 5.24. The number of piperazine rings is 1. The lowest BCUT2D eigenvalue weighted by molar-refractivity contribution is 0.0934. The summed E-state index contributed by atoms with van der Waals surface area (Å²) in [7, 11) is 1.58. The van der Waals surface area contributed by atoms with Crippen molar-refractivity contribution in [2.24, 2.45) is 0 Å². The van der Waals surface area contributed by atoms with E-state index in [-0.39, 0.29) is 11.7 Å². The van der Waals surface area contributed by atoms with Crippen molar-refractivity contribution < 1.29 is 18.3 Å². The van der Waals surface area contributed by atoms with Gasteiger partial charge in [-0.15, -0.1) is 5.10 Å². The molecule has 162 valence electrons. The highest BCUT2D eigenvalue weighted by Gasteiger charge is 2.24. The summed E-state index contributed by atoms with van der Waals surface area (Å²) in [5.74, 6) is 0.556. The highest BCUT2D eigenvalue weighted by atomic mass is 19.1. The first-order chi connectivity index (χ1) is 15.0. The van der Waals surface area contributed by atoms with E-state index in [1.807, 2.05) is 4.90 Å². The molecule has 2 heterocycles. The maximum Gasteiger partial charge on any atom is 0.318 e. The molecule has 1 amide bonds. The Bertz CT molecular complexity index is 1010. The van der Waals surface area contributed by atoms with Crippen LogP contribution in [0.4, 0.5) is 16.1 Å². The Morgan fingerprint density at radius 2 is 1.68 bits per heavy atom. The fraction of sp³-hybridized carbons (Fsp3) is 0.318. The quantitative estimate of drug-likeness (QED) is 0.650. The van der Waals surface area contributed by atoms with Crippen LogP contribution in [0, 0.1) is 5.82 Å². The number of aromatic nitrogens is 2. The van der Waals surface area contributed by atoms with Crippen LogP contribution in [0.25, 0.3) is 0 Å². The number of halogens is 1. The molecule has 0 aliphatic carbocycles. The second-order valence-electron chi connectivity index (χ2n) is 7.30. The SMILES string of the molecule is COc1ccc(C(=O)N[C@@H](C)c2nnc(N3CCN(c4ccc(F)cc4)CC3)o2)cc1. The van der Waals surface area contributed by atoms with E-state index in [4.69, 9.17) is 9.15 Å². The predicted molar refractivity (Wildman–Crippen MR) is 114 cm³/mol. The number of anilines is 2. The Balaban J connectivity index is 1.33. The molecule has 0 bridgehead atoms. The molecule has 1 aliphatic heterocycles. The standard InChI is InChI=1S/C22H24FN5O3/c1-15(24-20(29)16-3-9-19(30-2)10-4-16)21-25-26-22(31-21)28-13-11-27(12-14-28)18-7-5-17(23)6-8-18/h3-10,15H,11-14H2,1-2H3,(H,24,29)/t15-/m0/s1. The Morgan fingerprint density at radius 1 is 1.03 bits per heavy atom. The second kappa shape index (κ2) is 9.03. The molecule has 1 saturated heterocycles. The van der Waals surface area contributed by atoms with E-state index in [9.17, 15) is 9.18 Å². The van der Waals surface area contributed by atoms with Crippen molar-refractivity contribution in [1.29, 1.82) is 0 Å². The fourth-order valence-corrected chi connectivity index (χ4v) is 3.42. The van der Waals surface area contributed by atoms with Gasteiger partial charge in [-0.3, -0.25) is 4.79 Å². The van der Waals surface area contributed by atoms with Crippen LogP contribution >= 0.6 is 0 Å². The van der Waals surface area contributed by atoms with Crippen LogP contribution in [0.2, 0.25) is 0 Å². The minimum absolute atomic E-state index is 0.234. The maximum absolute atomic E-state index is 13.1. The number of amides is 1. The topological polar surface area (TPSA) is 83.7 Å². The molecular weight excluding hydrogens is 401 g/mol. The molecule has 1 aliphatic rings. The summed E-state index contributed by atoms with van der Waals surface area (Å²) >= 11 is 0. The number of carbonyl (C=O) groups is 1. The Labute approximate surface area is 179 Å². The molecule has 8 nitrogen and oxygen atoms in total. The number of rotatable bonds is 6. The summed E-state index contributed by atoms with van der Waals surface area (Å²) in [4.78, 5) is 16.6. The smallest absolute Gasteiger partial charge is 0.318 e. The molecule has 4 rings (SSSR count). The van der Waals surface area contributed by atoms with Crippen molar-refractivity contribution >= 4 is 17.6 Å². The number of ether oxygens (including phenoxy) is 1. The minimum Gasteiger partial charge on any atom is -0.497 e. The molecule has 1 N–H and O–H groups in total. The van der Waals surface area contributed by atoms with E-state index >= 15 is 0 Å². The van der Waals surface area contributed by atoms with E-state index in [1.165, 1.54) is 12.1 Å². The highest BCUT2D eigenvalue weighted by Crippen LogP contribution is 2.22. The van der Waals surface area contributed by atoms with Crippen LogP contribution in [0.1, 0.15) is 29.2 Å². The van der Waals surface area contributed by atoms with Crippen LogP contribution in [-0.4, -0.2) is 49.4 Å². The maximum atomic E-state index is 13.1. The molecule has 0 spiro atoms. The largest absolute Gasteiger partial charge is 0.497 e. The van der Waals surface area contributed by atoms with Crippen LogP contribution in [0.15, 0.2) is 52.9 Å². The molecule has 1 fully saturated rings. The number of benzene rings is 2. The van der Waals surface area contributed by atoms with Gasteiger partial charge in [0.2, 0.25) is 5.89 Å². The van der Waals surface area contributed by atoms with Crippen molar-refractivity contribution in [3.63, 3.8) is 0 Å². The monoisotopic (exact) mass is 425 g/mol. The lowest BCUT2D eigenvalue weighted by Gasteiger charge is -2.35. The summed E-state index contributed by atoms with van der Waals surface area (Å²) in [6.45, 7) is 4.71. The number of nitrogens with zero attached hydrogens (tertiary/aromatic N) is 4. The van der Waals surface area contributed by atoms with E-state index < -0.39 is 6.04 Å². The number of methoxy groups -OCH3 is 1. The van der Waals surface area contributed by atoms with Crippen molar-refractivity contribution in [3.8, 4) is 5.75 Å². The third kappa shape index (κ3) is 4.76. The van der Waals surface area contributed by atoms with E-state index in [0.29, 0.717) is 36.3 Å². The molecule has 9 heteroatoms. The Kier molecular flexibility index (Phi) is 6.01. The minimum atomic E-state index is -0.434. The van der Waals surface area contributed by atoms with Gasteiger partial charge >= 0.3 is 6.01 Å². The lowest BCUT2D eigenvalue weighted by Crippen LogP contribution is -2.46. The number of hydrogen-bond acceptors (Lipinski definition) is 7. The van der Waals surface area contributed by atoms with Gasteiger partial charge in [-0.1, -0.05) is 5.10 Å². The number of hydrogen-bond donors (Lipinski definition) is 1. The van der Waals surface area contributed by atoms with Gasteiger partial charge in [-0.25, -0.2) is 4.39 Å². The Morgan fingerprint density at radius 3 is 2.32 bits per heavy atom. The molecule has 3 aromatic rings. The van der Waals surface area contributed by atoms with Crippen molar-refractivity contribution in [1.82, 2.24) is 15.5 Å². The molecule has 2 aromatic carbocycles. The van der Waals surface area contributed by atoms with E-state index in [1.54, 1.807) is 50.4 Å². The molecular formula is C22H24FN5O3. The van der Waals surface area contributed by atoms with Crippen LogP contribution in [0.3, 0.4) is 0 Å². The van der Waals surface area contributed by atoms with E-state index in [0.717, 1.165) is 18.8 Å². The predicted octanol–water partition coefficient (Wildman–Crippen LogP) is 3.03. The molecule has 0 unspecified atom stereocenters. The summed E-state index contributed by atoms with van der Waals surface area (Å²) in [6.07, 6.45) is 0. The fourth-order valence-electron chi connectivity index (χ4n) is 3.42. The van der Waals surface area contributed by atoms with Gasteiger partial charge in [0.1, 0.15) is 17.6 Å². The first-order valence-corrected chi connectivity index (χ1v) is 10.1. The first kappa shape index (κ1) is 20.6. The van der Waals surface area contributed by atoms with Crippen molar-refractivity contribution in [3.05, 3.63) is 65.8 Å². The zero-order valence-corrected chi connectivity index (χ0v) is 17.4. The van der Waals surface area contributed by atoms with Crippen LogP contribution in [0.5, 0.6) is 5.75 Å². The van der Waals surface area contributed by atoms with Gasteiger partial charge in [0.05, 0.1) is 7.11 Å². The summed E-state index contributed by atoms with van der Waals surface area (Å²) in [5, 5.41) is 11.1. The third-order valence-corrected chi connectivity index (χ3v) is 5.24. The van der Waals surface area contributed by atoms with Gasteiger partial charge in [0, 0.05) is 37.4 Å². The van der Waals surface area contributed by atoms with Gasteiger partial charge in [-0.05, 0) is 55.5 Å². The lowest BCUT2D eigenvalue weighted by atomic mass is 10.2. The van der Waals surface area contributed by atoms with Crippen LogP contribution < -0.4 is 19.9 Å². The number of nitrogens with one attached hydrogen (secondary N) is 1. The molecule has 31 heavy (non-hydrogen) atoms. The first-order valence-electron chi connectivity index (χ1n) is 10.1. The summed E-state index contributed by atoms with van der Waals surface area (Å²) in [6, 6.07) is 13.3. The second-order valence-corrected chi connectivity index (χ2v) is 7.30. The Hall–Kier alpha value is -3.62. The highest BCUT2D eigenvalue weighted by molar-refractivity contribution is 5.94. The van der Waals surface area contributed by atoms with Crippen molar-refractivity contribution in [2.45, 2.75) is 13.0 Å². The average molecular weight is 425 g/mol. The van der Waals surface area contributed by atoms with Gasteiger partial charge in [0.15, 0.2) is 0 Å². The van der Waals surface area contributed by atoms with Gasteiger partial charge in [0.25, 0.3) is 5.91 Å². The molecule has 0 saturated carbocycles. The molecule has 1 atom stereocenters. The normalized spacial score (nSPS) is 14.9. The van der Waals surface area contributed by atoms with E-state index in [2.05, 4.69) is 20.4 Å². The van der Waals surface area contributed by atoms with Gasteiger partial charge < -0.3 is 24.3 Å². The number of carbonyl (C=O) groups excluding carboxylic acids is 1. The zero-order valence-electron chi connectivity index (χ0n) is 17.4.